The van der Waals surface area contributed by atoms with Gasteiger partial charge in [-0.1, -0.05) is 0 Å². The third-order valence-corrected chi connectivity index (χ3v) is 5.08. The van der Waals surface area contributed by atoms with E-state index in [4.69, 9.17) is 4.74 Å². The van der Waals surface area contributed by atoms with Crippen LogP contribution >= 0.6 is 0 Å². The number of sulfonamides is 1. The molecule has 1 unspecified atom stereocenters. The van der Waals surface area contributed by atoms with E-state index < -0.39 is 27.6 Å². The number of carbonyl (C=O) groups excluding carboxylic acids is 1. The molecule has 2 saturated heterocycles. The van der Waals surface area contributed by atoms with Crippen molar-refractivity contribution in [1.29, 1.82) is 0 Å². The zero-order valence-electron chi connectivity index (χ0n) is 11.7. The Kier molecular flexibility index (Phi) is 4.40. The van der Waals surface area contributed by atoms with E-state index in [9.17, 15) is 23.1 Å². The quantitative estimate of drug-likeness (QED) is 0.655. The van der Waals surface area contributed by atoms with Gasteiger partial charge in [0.1, 0.15) is 0 Å². The van der Waals surface area contributed by atoms with E-state index in [1.165, 1.54) is 9.21 Å². The Bertz CT molecular complexity index is 520. The van der Waals surface area contributed by atoms with Gasteiger partial charge in [0, 0.05) is 39.2 Å². The third kappa shape index (κ3) is 3.44. The Morgan fingerprint density at radius 3 is 2.29 bits per heavy atom. The Morgan fingerprint density at radius 1 is 1.24 bits per heavy atom. The summed E-state index contributed by atoms with van der Waals surface area (Å²) in [6, 6.07) is -0.504. The molecule has 21 heavy (non-hydrogen) atoms. The van der Waals surface area contributed by atoms with Gasteiger partial charge in [0.15, 0.2) is 5.54 Å². The van der Waals surface area contributed by atoms with Gasteiger partial charge in [-0.15, -0.1) is 0 Å². The van der Waals surface area contributed by atoms with Crippen LogP contribution in [-0.4, -0.2) is 85.9 Å². The SMILES string of the molecule is CS(=O)(=O)N1CCN(C(=O)NC2(C(=O)O)CCOC2)CC1. The second-order valence-corrected chi connectivity index (χ2v) is 7.25. The first-order valence-electron chi connectivity index (χ1n) is 6.58. The zero-order chi connectivity index (χ0) is 15.7. The molecule has 2 fully saturated rings. The van der Waals surface area contributed by atoms with Crippen molar-refractivity contribution < 1.29 is 27.9 Å². The van der Waals surface area contributed by atoms with Crippen LogP contribution in [0.2, 0.25) is 0 Å². The molecular weight excluding hydrogens is 302 g/mol. The smallest absolute Gasteiger partial charge is 0.332 e. The van der Waals surface area contributed by atoms with Crippen LogP contribution in [0.15, 0.2) is 0 Å². The van der Waals surface area contributed by atoms with Crippen LogP contribution < -0.4 is 5.32 Å². The van der Waals surface area contributed by atoms with E-state index >= 15 is 0 Å². The minimum absolute atomic E-state index is 0.0582. The largest absolute Gasteiger partial charge is 0.479 e. The van der Waals surface area contributed by atoms with Crippen LogP contribution in [0.25, 0.3) is 0 Å². The first kappa shape index (κ1) is 16.0. The molecular formula is C11H19N3O6S. The second-order valence-electron chi connectivity index (χ2n) is 5.27. The Balaban J connectivity index is 1.95. The van der Waals surface area contributed by atoms with Crippen molar-refractivity contribution in [2.24, 2.45) is 0 Å². The number of carboxylic acid groups (broad SMARTS) is 1. The number of amides is 2. The van der Waals surface area contributed by atoms with Gasteiger partial charge in [0.05, 0.1) is 12.9 Å². The summed E-state index contributed by atoms with van der Waals surface area (Å²) in [4.78, 5) is 24.9. The van der Waals surface area contributed by atoms with E-state index in [0.29, 0.717) is 0 Å². The highest BCUT2D eigenvalue weighted by Gasteiger charge is 2.45. The monoisotopic (exact) mass is 321 g/mol. The van der Waals surface area contributed by atoms with Crippen molar-refractivity contribution in [3.8, 4) is 0 Å². The molecule has 2 amide bonds. The van der Waals surface area contributed by atoms with Crippen LogP contribution in [0, 0.1) is 0 Å². The molecule has 0 aliphatic carbocycles. The van der Waals surface area contributed by atoms with E-state index in [2.05, 4.69) is 5.32 Å². The highest BCUT2D eigenvalue weighted by molar-refractivity contribution is 7.88. The summed E-state index contributed by atoms with van der Waals surface area (Å²) in [7, 11) is -3.26. The van der Waals surface area contributed by atoms with Gasteiger partial charge in [-0.3, -0.25) is 0 Å². The summed E-state index contributed by atoms with van der Waals surface area (Å²) in [5.74, 6) is -1.12. The molecule has 0 radical (unpaired) electrons. The lowest BCUT2D eigenvalue weighted by atomic mass is 9.99. The van der Waals surface area contributed by atoms with E-state index in [1.54, 1.807) is 0 Å². The number of carbonyl (C=O) groups is 2. The second kappa shape index (κ2) is 5.78. The number of ether oxygens (including phenoxy) is 1. The molecule has 1 atom stereocenters. The fourth-order valence-corrected chi connectivity index (χ4v) is 3.22. The number of hydrogen-bond acceptors (Lipinski definition) is 5. The number of hydrogen-bond donors (Lipinski definition) is 2. The molecule has 10 heteroatoms. The maximum Gasteiger partial charge on any atom is 0.332 e. The van der Waals surface area contributed by atoms with Gasteiger partial charge in [-0.05, 0) is 0 Å². The predicted molar refractivity (Wildman–Crippen MR) is 72.3 cm³/mol. The van der Waals surface area contributed by atoms with Gasteiger partial charge in [0.2, 0.25) is 10.0 Å². The van der Waals surface area contributed by atoms with Crippen molar-refractivity contribution in [2.45, 2.75) is 12.0 Å². The molecule has 9 nitrogen and oxygen atoms in total. The number of urea groups is 1. The number of carboxylic acids is 1. The van der Waals surface area contributed by atoms with Gasteiger partial charge < -0.3 is 20.1 Å². The van der Waals surface area contributed by atoms with Gasteiger partial charge in [0.25, 0.3) is 0 Å². The van der Waals surface area contributed by atoms with Gasteiger partial charge >= 0.3 is 12.0 Å². The summed E-state index contributed by atoms with van der Waals surface area (Å²) < 4.78 is 29.2. The fraction of sp³-hybridized carbons (Fsp3) is 0.818. The molecule has 2 N–H and O–H groups in total. The van der Waals surface area contributed by atoms with Gasteiger partial charge in [-0.25, -0.2) is 18.0 Å². The topological polar surface area (TPSA) is 116 Å². The van der Waals surface area contributed by atoms with Crippen LogP contribution in [0.4, 0.5) is 4.79 Å². The minimum atomic E-state index is -3.26. The number of aliphatic carboxylic acids is 1. The normalized spacial score (nSPS) is 27.6. The number of nitrogens with one attached hydrogen (secondary N) is 1. The first-order valence-corrected chi connectivity index (χ1v) is 8.43. The predicted octanol–water partition coefficient (Wildman–Crippen LogP) is -1.48. The lowest BCUT2D eigenvalue weighted by molar-refractivity contribution is -0.144. The van der Waals surface area contributed by atoms with E-state index in [0.717, 1.165) is 6.26 Å². The van der Waals surface area contributed by atoms with E-state index in [1.807, 2.05) is 0 Å². The van der Waals surface area contributed by atoms with Crippen LogP contribution in [0.5, 0.6) is 0 Å². The summed E-state index contributed by atoms with van der Waals surface area (Å²) in [5.41, 5.74) is -1.38. The number of piperazine rings is 1. The molecule has 0 aromatic rings. The summed E-state index contributed by atoms with van der Waals surface area (Å²) in [6.07, 6.45) is 1.34. The lowest BCUT2D eigenvalue weighted by Crippen LogP contribution is -2.61. The molecule has 2 aliphatic heterocycles. The van der Waals surface area contributed by atoms with Gasteiger partial charge in [-0.2, -0.15) is 4.31 Å². The Hall–Kier alpha value is -1.39. The standard InChI is InChI=1S/C11H19N3O6S/c1-21(18,19)14-5-3-13(4-6-14)10(17)12-11(9(15)16)2-7-20-8-11/h2-8H2,1H3,(H,12,17)(H,15,16). The molecule has 120 valence electrons. The molecule has 0 saturated carbocycles. The third-order valence-electron chi connectivity index (χ3n) is 3.77. The molecule has 0 aromatic heterocycles. The van der Waals surface area contributed by atoms with Crippen molar-refractivity contribution in [3.05, 3.63) is 0 Å². The number of nitrogens with zero attached hydrogens (tertiary/aromatic N) is 2. The summed E-state index contributed by atoms with van der Waals surface area (Å²) in [5, 5.41) is 11.8. The van der Waals surface area contributed by atoms with Crippen LogP contribution in [-0.2, 0) is 19.6 Å². The highest BCUT2D eigenvalue weighted by atomic mass is 32.2. The maximum absolute atomic E-state index is 12.1. The average Bonchev–Trinajstić information content (AvgIpc) is 2.88. The van der Waals surface area contributed by atoms with Crippen molar-refractivity contribution in [3.63, 3.8) is 0 Å². The molecule has 2 aliphatic rings. The first-order chi connectivity index (χ1) is 9.74. The Labute approximate surface area is 122 Å². The molecule has 0 aromatic carbocycles. The highest BCUT2D eigenvalue weighted by Crippen LogP contribution is 2.19. The zero-order valence-corrected chi connectivity index (χ0v) is 12.6. The van der Waals surface area contributed by atoms with Crippen LogP contribution in [0.3, 0.4) is 0 Å². The van der Waals surface area contributed by atoms with E-state index in [-0.39, 0.29) is 45.8 Å². The summed E-state index contributed by atoms with van der Waals surface area (Å²) in [6.45, 7) is 1.11. The van der Waals surface area contributed by atoms with Crippen molar-refractivity contribution >= 4 is 22.0 Å². The van der Waals surface area contributed by atoms with Crippen LogP contribution in [0.1, 0.15) is 6.42 Å². The lowest BCUT2D eigenvalue weighted by Gasteiger charge is -2.35. The average molecular weight is 321 g/mol. The minimum Gasteiger partial charge on any atom is -0.479 e. The molecule has 2 rings (SSSR count). The maximum atomic E-state index is 12.1. The summed E-state index contributed by atoms with van der Waals surface area (Å²) >= 11 is 0. The van der Waals surface area contributed by atoms with Crippen molar-refractivity contribution in [1.82, 2.24) is 14.5 Å². The fourth-order valence-electron chi connectivity index (χ4n) is 2.39. The van der Waals surface area contributed by atoms with Crippen molar-refractivity contribution in [2.75, 3.05) is 45.6 Å². The molecule has 0 bridgehead atoms. The Morgan fingerprint density at radius 2 is 1.86 bits per heavy atom. The number of rotatable bonds is 3. The molecule has 0 spiro atoms. The molecule has 2 heterocycles.